The summed E-state index contributed by atoms with van der Waals surface area (Å²) < 4.78 is 0. The van der Waals surface area contributed by atoms with Crippen molar-refractivity contribution in [3.8, 4) is 0 Å². The molecule has 0 radical (unpaired) electrons. The van der Waals surface area contributed by atoms with Crippen molar-refractivity contribution < 1.29 is 10.3 Å². The van der Waals surface area contributed by atoms with Crippen LogP contribution in [-0.2, 0) is 0 Å². The van der Waals surface area contributed by atoms with Crippen LogP contribution in [-0.4, -0.2) is 23.0 Å². The lowest BCUT2D eigenvalue weighted by Crippen LogP contribution is -2.34. The zero-order valence-corrected chi connectivity index (χ0v) is 5.26. The Kier molecular flexibility index (Phi) is 3.77. The van der Waals surface area contributed by atoms with Crippen molar-refractivity contribution in [2.24, 2.45) is 5.92 Å². The van der Waals surface area contributed by atoms with Crippen LogP contribution in [0.15, 0.2) is 0 Å². The topological polar surface area (TPSA) is 52.5 Å². The molecule has 0 saturated heterocycles. The molecular weight excluding hydrogens is 106 g/mol. The fourth-order valence-electron chi connectivity index (χ4n) is 0.401. The van der Waals surface area contributed by atoms with E-state index in [0.717, 1.165) is 0 Å². The van der Waals surface area contributed by atoms with Crippen molar-refractivity contribution in [3.05, 3.63) is 0 Å². The quantitative estimate of drug-likeness (QED) is 0.458. The predicted octanol–water partition coefficient (Wildman–Crippen LogP) is -0.0179. The van der Waals surface area contributed by atoms with E-state index in [4.69, 9.17) is 10.3 Å². The number of rotatable bonds is 3. The van der Waals surface area contributed by atoms with E-state index in [1.54, 1.807) is 0 Å². The van der Waals surface area contributed by atoms with Gasteiger partial charge in [-0.25, -0.2) is 0 Å². The second-order valence-corrected chi connectivity index (χ2v) is 2.16. The zero-order valence-electron chi connectivity index (χ0n) is 5.26. The van der Waals surface area contributed by atoms with Crippen molar-refractivity contribution in [3.63, 3.8) is 0 Å². The summed E-state index contributed by atoms with van der Waals surface area (Å²) in [4.78, 5) is 0. The first-order valence-corrected chi connectivity index (χ1v) is 2.72. The van der Waals surface area contributed by atoms with Gasteiger partial charge in [0.15, 0.2) is 0 Å². The highest BCUT2D eigenvalue weighted by molar-refractivity contribution is 4.62. The SMILES string of the molecule is CC(C)C(CO)NO. The van der Waals surface area contributed by atoms with E-state index >= 15 is 0 Å². The summed E-state index contributed by atoms with van der Waals surface area (Å²) in [7, 11) is 0. The van der Waals surface area contributed by atoms with Gasteiger partial charge in [0.05, 0.1) is 12.6 Å². The van der Waals surface area contributed by atoms with Crippen molar-refractivity contribution in [2.75, 3.05) is 6.61 Å². The van der Waals surface area contributed by atoms with Gasteiger partial charge in [0, 0.05) is 0 Å². The van der Waals surface area contributed by atoms with Crippen LogP contribution in [0.3, 0.4) is 0 Å². The van der Waals surface area contributed by atoms with E-state index in [-0.39, 0.29) is 18.6 Å². The fourth-order valence-corrected chi connectivity index (χ4v) is 0.401. The Hall–Kier alpha value is -0.120. The van der Waals surface area contributed by atoms with Gasteiger partial charge in [-0.3, -0.25) is 0 Å². The van der Waals surface area contributed by atoms with Gasteiger partial charge in [0.1, 0.15) is 0 Å². The standard InChI is InChI=1S/C5H13NO2/c1-4(2)5(3-7)6-8/h4-8H,3H2,1-2H3. The van der Waals surface area contributed by atoms with Crippen LogP contribution in [0.4, 0.5) is 0 Å². The summed E-state index contributed by atoms with van der Waals surface area (Å²) in [6.45, 7) is 3.82. The number of hydroxylamine groups is 1. The maximum absolute atomic E-state index is 8.47. The molecule has 0 aromatic rings. The average molecular weight is 119 g/mol. The lowest BCUT2D eigenvalue weighted by molar-refractivity contribution is 0.0691. The molecular formula is C5H13NO2. The van der Waals surface area contributed by atoms with Gasteiger partial charge in [-0.15, -0.1) is 0 Å². The summed E-state index contributed by atoms with van der Waals surface area (Å²) in [6, 6.07) is -0.185. The number of hydrogen-bond donors (Lipinski definition) is 3. The summed E-state index contributed by atoms with van der Waals surface area (Å²) in [5, 5.41) is 16.8. The minimum atomic E-state index is -0.185. The molecule has 0 amide bonds. The van der Waals surface area contributed by atoms with Gasteiger partial charge < -0.3 is 10.3 Å². The molecule has 0 aliphatic carbocycles. The lowest BCUT2D eigenvalue weighted by atomic mass is 10.1. The zero-order chi connectivity index (χ0) is 6.57. The summed E-state index contributed by atoms with van der Waals surface area (Å²) >= 11 is 0. The first kappa shape index (κ1) is 7.88. The predicted molar refractivity (Wildman–Crippen MR) is 30.6 cm³/mol. The molecule has 0 bridgehead atoms. The summed E-state index contributed by atoms with van der Waals surface area (Å²) in [5.41, 5.74) is 2.00. The molecule has 0 heterocycles. The highest BCUT2D eigenvalue weighted by Gasteiger charge is 2.08. The molecule has 0 fully saturated rings. The third-order valence-corrected chi connectivity index (χ3v) is 1.17. The van der Waals surface area contributed by atoms with Gasteiger partial charge >= 0.3 is 0 Å². The Morgan fingerprint density at radius 3 is 2.00 bits per heavy atom. The second-order valence-electron chi connectivity index (χ2n) is 2.16. The average Bonchev–Trinajstić information content (AvgIpc) is 1.69. The smallest absolute Gasteiger partial charge is 0.0609 e. The minimum Gasteiger partial charge on any atom is -0.395 e. The van der Waals surface area contributed by atoms with E-state index < -0.39 is 0 Å². The normalized spacial score (nSPS) is 14.6. The molecule has 0 rings (SSSR count). The van der Waals surface area contributed by atoms with Crippen LogP contribution in [0.1, 0.15) is 13.8 Å². The van der Waals surface area contributed by atoms with Crippen LogP contribution in [0, 0.1) is 5.92 Å². The van der Waals surface area contributed by atoms with E-state index in [1.807, 2.05) is 19.3 Å². The highest BCUT2D eigenvalue weighted by atomic mass is 16.5. The van der Waals surface area contributed by atoms with Gasteiger partial charge in [-0.2, -0.15) is 5.48 Å². The van der Waals surface area contributed by atoms with Crippen LogP contribution >= 0.6 is 0 Å². The van der Waals surface area contributed by atoms with Gasteiger partial charge in [0.2, 0.25) is 0 Å². The number of aliphatic hydroxyl groups is 1. The van der Waals surface area contributed by atoms with Crippen LogP contribution < -0.4 is 5.48 Å². The Balaban J connectivity index is 3.35. The monoisotopic (exact) mass is 119 g/mol. The highest BCUT2D eigenvalue weighted by Crippen LogP contribution is 1.97. The Labute approximate surface area is 49.3 Å². The first-order valence-electron chi connectivity index (χ1n) is 2.72. The molecule has 3 heteroatoms. The maximum Gasteiger partial charge on any atom is 0.0609 e. The molecule has 0 aliphatic heterocycles. The molecule has 0 spiro atoms. The largest absolute Gasteiger partial charge is 0.395 e. The molecule has 0 saturated carbocycles. The minimum absolute atomic E-state index is 0.0197. The third kappa shape index (κ3) is 2.26. The van der Waals surface area contributed by atoms with Gasteiger partial charge in [-0.05, 0) is 5.92 Å². The van der Waals surface area contributed by atoms with Crippen LogP contribution in [0.2, 0.25) is 0 Å². The Morgan fingerprint density at radius 1 is 1.50 bits per heavy atom. The van der Waals surface area contributed by atoms with Crippen LogP contribution in [0.25, 0.3) is 0 Å². The second kappa shape index (κ2) is 3.83. The molecule has 3 nitrogen and oxygen atoms in total. The third-order valence-electron chi connectivity index (χ3n) is 1.17. The number of hydrogen-bond acceptors (Lipinski definition) is 3. The maximum atomic E-state index is 8.47. The molecule has 0 aromatic heterocycles. The van der Waals surface area contributed by atoms with E-state index in [1.165, 1.54) is 0 Å². The molecule has 1 atom stereocenters. The van der Waals surface area contributed by atoms with Crippen LogP contribution in [0.5, 0.6) is 0 Å². The van der Waals surface area contributed by atoms with Crippen molar-refractivity contribution in [1.82, 2.24) is 5.48 Å². The first-order chi connectivity index (χ1) is 3.72. The fraction of sp³-hybridized carbons (Fsp3) is 1.00. The summed E-state index contributed by atoms with van der Waals surface area (Å²) in [5.74, 6) is 0.269. The van der Waals surface area contributed by atoms with E-state index in [9.17, 15) is 0 Å². The van der Waals surface area contributed by atoms with Gasteiger partial charge in [-0.1, -0.05) is 13.8 Å². The van der Waals surface area contributed by atoms with Crippen molar-refractivity contribution >= 4 is 0 Å². The van der Waals surface area contributed by atoms with Crippen molar-refractivity contribution in [2.45, 2.75) is 19.9 Å². The van der Waals surface area contributed by atoms with E-state index in [0.29, 0.717) is 0 Å². The molecule has 8 heavy (non-hydrogen) atoms. The van der Waals surface area contributed by atoms with Gasteiger partial charge in [0.25, 0.3) is 0 Å². The molecule has 0 aromatic carbocycles. The number of aliphatic hydroxyl groups excluding tert-OH is 1. The Bertz CT molecular complexity index is 52.4. The van der Waals surface area contributed by atoms with E-state index in [2.05, 4.69) is 0 Å². The molecule has 0 aliphatic rings. The lowest BCUT2D eigenvalue weighted by Gasteiger charge is -2.14. The number of nitrogens with one attached hydrogen (secondary N) is 1. The Morgan fingerprint density at radius 2 is 2.00 bits per heavy atom. The molecule has 50 valence electrons. The molecule has 3 N–H and O–H groups in total. The summed E-state index contributed by atoms with van der Waals surface area (Å²) in [6.07, 6.45) is 0. The van der Waals surface area contributed by atoms with Crippen molar-refractivity contribution in [1.29, 1.82) is 0 Å². The molecule has 1 unspecified atom stereocenters.